The summed E-state index contributed by atoms with van der Waals surface area (Å²) in [5.74, 6) is -52.8. The Morgan fingerprint density at radius 2 is 0.304 bits per heavy atom. The minimum Gasteiger partial charge on any atom is -0.506 e. The van der Waals surface area contributed by atoms with Crippen molar-refractivity contribution in [2.75, 3.05) is 0 Å². The molecule has 10 aromatic rings. The Labute approximate surface area is 428 Å². The van der Waals surface area contributed by atoms with E-state index in [1.54, 1.807) is 0 Å². The van der Waals surface area contributed by atoms with Crippen molar-refractivity contribution in [3.8, 4) is 217 Å². The first-order chi connectivity index (χ1) is 36.8. The molecule has 0 unspecified atom stereocenters. The predicted molar refractivity (Wildman–Crippen MR) is 258 cm³/mol. The molecule has 0 saturated heterocycles. The highest BCUT2D eigenvalue weighted by Crippen LogP contribution is 2.71. The van der Waals surface area contributed by atoms with Gasteiger partial charge in [0.1, 0.15) is 11.5 Å². The third kappa shape index (κ3) is 5.70. The molecule has 9 aromatic carbocycles. The van der Waals surface area contributed by atoms with Crippen molar-refractivity contribution in [1.82, 2.24) is 0 Å². The Hall–Kier alpha value is -12.4. The Morgan fingerprint density at radius 3 is 0.658 bits per heavy atom. The first-order valence-electron chi connectivity index (χ1n) is 21.1. The van der Waals surface area contributed by atoms with Crippen LogP contribution in [0.4, 0.5) is 0 Å². The van der Waals surface area contributed by atoms with Crippen LogP contribution in [0.5, 0.6) is 172 Å². The number of fused-ring (bicyclic) bond motifs is 6. The van der Waals surface area contributed by atoms with Crippen LogP contribution in [0.2, 0.25) is 0 Å². The average Bonchev–Trinajstić information content (AvgIpc) is 3.92. The fourth-order valence-electron chi connectivity index (χ4n) is 9.71. The quantitative estimate of drug-likeness (QED) is 0.0634. The lowest BCUT2D eigenvalue weighted by molar-refractivity contribution is 0.329. The van der Waals surface area contributed by atoms with Crippen molar-refractivity contribution in [3.05, 3.63) is 0 Å². The molecule has 10 rings (SSSR count). The zero-order chi connectivity index (χ0) is 58.4. The van der Waals surface area contributed by atoms with Crippen LogP contribution in [0.25, 0.3) is 98.8 Å². The predicted octanol–water partition coefficient (Wildman–Crippen LogP) is 4.88. The number of hydrogen-bond acceptors (Lipinski definition) is 31. The van der Waals surface area contributed by atoms with Gasteiger partial charge in [0, 0.05) is 43.8 Å². The van der Waals surface area contributed by atoms with Gasteiger partial charge in [0.25, 0.3) is 0 Å². The molecule has 31 nitrogen and oxygen atoms in total. The third-order valence-electron chi connectivity index (χ3n) is 13.3. The molecule has 0 bridgehead atoms. The average molecular weight is 1100 g/mol. The van der Waals surface area contributed by atoms with Crippen LogP contribution in [0.3, 0.4) is 0 Å². The molecular weight excluding hydrogens is 1070 g/mol. The van der Waals surface area contributed by atoms with Gasteiger partial charge in [-0.25, -0.2) is 0 Å². The molecule has 0 atom stereocenters. The van der Waals surface area contributed by atoms with Crippen LogP contribution in [0.15, 0.2) is 4.42 Å². The van der Waals surface area contributed by atoms with Gasteiger partial charge in [0.2, 0.25) is 69.0 Å². The van der Waals surface area contributed by atoms with Gasteiger partial charge in [-0.15, -0.1) is 0 Å². The molecule has 30 N–H and O–H groups in total. The van der Waals surface area contributed by atoms with E-state index in [1.165, 1.54) is 0 Å². The van der Waals surface area contributed by atoms with Crippen molar-refractivity contribution in [1.29, 1.82) is 0 Å². The van der Waals surface area contributed by atoms with Crippen molar-refractivity contribution in [2.45, 2.75) is 0 Å². The molecule has 1 heterocycles. The van der Waals surface area contributed by atoms with Crippen LogP contribution in [-0.4, -0.2) is 153 Å². The van der Waals surface area contributed by atoms with Crippen LogP contribution >= 0.6 is 0 Å². The van der Waals surface area contributed by atoms with E-state index in [4.69, 9.17) is 4.42 Å². The maximum Gasteiger partial charge on any atom is 0.208 e. The molecule has 0 aliphatic rings. The Morgan fingerprint density at radius 1 is 0.114 bits per heavy atom. The molecule has 408 valence electrons. The molecule has 0 fully saturated rings. The summed E-state index contributed by atoms with van der Waals surface area (Å²) in [6.07, 6.45) is 0. The maximum absolute atomic E-state index is 12.4. The zero-order valence-electron chi connectivity index (χ0n) is 37.8. The van der Waals surface area contributed by atoms with E-state index < -0.39 is 271 Å². The van der Waals surface area contributed by atoms with Gasteiger partial charge < -0.3 is 158 Å². The normalized spacial score (nSPS) is 11.8. The highest BCUT2D eigenvalue weighted by Gasteiger charge is 2.42. The summed E-state index contributed by atoms with van der Waals surface area (Å²) in [6.45, 7) is 0. The topological polar surface area (TPSA) is 620 Å². The van der Waals surface area contributed by atoms with E-state index in [2.05, 4.69) is 0 Å². The number of phenols is 30. The van der Waals surface area contributed by atoms with Crippen LogP contribution in [0.1, 0.15) is 0 Å². The summed E-state index contributed by atoms with van der Waals surface area (Å²) in [5.41, 5.74) is -15.2. The van der Waals surface area contributed by atoms with Gasteiger partial charge >= 0.3 is 0 Å². The van der Waals surface area contributed by atoms with Crippen LogP contribution in [0, 0.1) is 0 Å². The summed E-state index contributed by atoms with van der Waals surface area (Å²) in [5, 5.41) is 326. The highest BCUT2D eigenvalue weighted by atomic mass is 16.4. The number of benzene rings is 9. The lowest BCUT2D eigenvalue weighted by Gasteiger charge is -2.26. The molecule has 31 heteroatoms. The highest BCUT2D eigenvalue weighted by molar-refractivity contribution is 6.33. The Balaban J connectivity index is 1.48. The number of aromatic hydroxyl groups is 30. The largest absolute Gasteiger partial charge is 0.506 e. The lowest BCUT2D eigenvalue weighted by atomic mass is 9.80. The Kier molecular flexibility index (Phi) is 9.86. The molecular formula is C48H30O31. The zero-order valence-corrected chi connectivity index (χ0v) is 37.8. The molecule has 0 aliphatic carbocycles. The van der Waals surface area contributed by atoms with Gasteiger partial charge in [-0.1, -0.05) is 0 Å². The maximum atomic E-state index is 12.4. The van der Waals surface area contributed by atoms with Crippen LogP contribution < -0.4 is 0 Å². The second kappa shape index (κ2) is 15.6. The fourth-order valence-corrected chi connectivity index (χ4v) is 9.71. The monoisotopic (exact) mass is 1100 g/mol. The number of hydrogen-bond donors (Lipinski definition) is 30. The van der Waals surface area contributed by atoms with E-state index in [0.29, 0.717) is 0 Å². The van der Waals surface area contributed by atoms with Gasteiger partial charge in [-0.3, -0.25) is 0 Å². The van der Waals surface area contributed by atoms with Gasteiger partial charge in [-0.05, 0) is 0 Å². The molecule has 0 spiro atoms. The van der Waals surface area contributed by atoms with Crippen molar-refractivity contribution >= 4 is 54.3 Å². The van der Waals surface area contributed by atoms with Gasteiger partial charge in [-0.2, -0.15) is 0 Å². The minimum atomic E-state index is -1.98. The second-order valence-electron chi connectivity index (χ2n) is 17.2. The smallest absolute Gasteiger partial charge is 0.208 e. The van der Waals surface area contributed by atoms with Gasteiger partial charge in [0.05, 0.1) is 43.8 Å². The standard InChI is InChI=1S/C48H30O31/c49-17-9(33(65)46(78)48-16(17)15-18(50)11-14(34(66)47(15)79-48)32(64)42(74)41(73)29(11)61)2-6-3(19(51)35(67)38(70)22(6)54)1(4-7(2)23(55)39(71)36(68)20(4)52)5-8(24(56)40(72)37(69)21(5)53)10-25(57)27(59)12(28(60)26(10)58)13-30(62)43(75)45(77)44(76)31(13)63/h49-78H. The van der Waals surface area contributed by atoms with Crippen LogP contribution in [-0.2, 0) is 0 Å². The first kappa shape index (κ1) is 50.1. The SMILES string of the molecule is Oc1c(O)c(O)c(-c2c(O)c(O)c(-c3c(O)c(O)c(O)c(O)c3-c3c4c(O)c(O)c(O)c(O)c4c(-c4c(O)c(O)c5oc6c(O)c7c(O)c(O)c(O)c(O)c7c(O)c6c5c4O)c4c(O)c(O)c(O)c(O)c34)c(O)c2O)c(O)c1O. The molecule has 79 heavy (non-hydrogen) atoms. The van der Waals surface area contributed by atoms with E-state index in [9.17, 15) is 153 Å². The molecule has 0 saturated carbocycles. The first-order valence-corrected chi connectivity index (χ1v) is 21.1. The van der Waals surface area contributed by atoms with Crippen molar-refractivity contribution < 1.29 is 158 Å². The minimum absolute atomic E-state index is 1.08. The van der Waals surface area contributed by atoms with Gasteiger partial charge in [0.15, 0.2) is 103 Å². The molecule has 0 radical (unpaired) electrons. The Bertz CT molecular complexity index is 4450. The number of furan rings is 1. The van der Waals surface area contributed by atoms with Crippen molar-refractivity contribution in [2.24, 2.45) is 0 Å². The van der Waals surface area contributed by atoms with Crippen molar-refractivity contribution in [3.63, 3.8) is 0 Å². The molecule has 0 amide bonds. The van der Waals surface area contributed by atoms with E-state index >= 15 is 0 Å². The second-order valence-corrected chi connectivity index (χ2v) is 17.2. The summed E-state index contributed by atoms with van der Waals surface area (Å²) in [6, 6.07) is 0. The third-order valence-corrected chi connectivity index (χ3v) is 13.3. The summed E-state index contributed by atoms with van der Waals surface area (Å²) < 4.78 is 5.45. The van der Waals surface area contributed by atoms with E-state index in [1.807, 2.05) is 0 Å². The summed E-state index contributed by atoms with van der Waals surface area (Å²) in [4.78, 5) is 0. The number of rotatable bonds is 4. The summed E-state index contributed by atoms with van der Waals surface area (Å²) >= 11 is 0. The summed E-state index contributed by atoms with van der Waals surface area (Å²) in [7, 11) is 0. The molecule has 1 aromatic heterocycles. The van der Waals surface area contributed by atoms with E-state index in [-0.39, 0.29) is 0 Å². The number of phenolic OH excluding ortho intramolecular Hbond substituents is 30. The fraction of sp³-hybridized carbons (Fsp3) is 0. The molecule has 0 aliphatic heterocycles. The lowest BCUT2D eigenvalue weighted by Crippen LogP contribution is -1.98. The van der Waals surface area contributed by atoms with E-state index in [0.717, 1.165) is 0 Å².